The first kappa shape index (κ1) is 17.8. The van der Waals surface area contributed by atoms with Crippen LogP contribution in [0.25, 0.3) is 11.4 Å². The Bertz CT molecular complexity index is 823. The monoisotopic (exact) mass is 352 g/mol. The van der Waals surface area contributed by atoms with Crippen molar-refractivity contribution in [2.75, 3.05) is 37.6 Å². The minimum absolute atomic E-state index is 0.0502. The molecule has 0 unspecified atom stereocenters. The van der Waals surface area contributed by atoms with Crippen LogP contribution in [0, 0.1) is 21.4 Å². The van der Waals surface area contributed by atoms with E-state index in [4.69, 9.17) is 5.26 Å². The highest BCUT2D eigenvalue weighted by molar-refractivity contribution is 5.60. The second-order valence-corrected chi connectivity index (χ2v) is 6.12. The summed E-state index contributed by atoms with van der Waals surface area (Å²) in [6.45, 7) is 5.75. The van der Waals surface area contributed by atoms with E-state index in [9.17, 15) is 10.1 Å². The number of anilines is 1. The Morgan fingerprint density at radius 2 is 1.88 bits per heavy atom. The minimum atomic E-state index is -0.417. The van der Waals surface area contributed by atoms with E-state index in [1.165, 1.54) is 12.1 Å². The molecule has 134 valence electrons. The number of nitrogens with zero attached hydrogens (tertiary/aromatic N) is 6. The van der Waals surface area contributed by atoms with Gasteiger partial charge in [0.1, 0.15) is 5.82 Å². The predicted molar refractivity (Wildman–Crippen MR) is 97.8 cm³/mol. The van der Waals surface area contributed by atoms with Crippen molar-refractivity contribution in [3.05, 3.63) is 46.1 Å². The maximum absolute atomic E-state index is 10.8. The van der Waals surface area contributed by atoms with Gasteiger partial charge in [-0.2, -0.15) is 5.26 Å². The first-order chi connectivity index (χ1) is 12.6. The van der Waals surface area contributed by atoms with E-state index in [0.717, 1.165) is 49.7 Å². The molecule has 0 radical (unpaired) electrons. The maximum Gasteiger partial charge on any atom is 0.269 e. The van der Waals surface area contributed by atoms with Crippen molar-refractivity contribution in [2.24, 2.45) is 0 Å². The van der Waals surface area contributed by atoms with Gasteiger partial charge in [-0.1, -0.05) is 6.92 Å². The average Bonchev–Trinajstić information content (AvgIpc) is 2.68. The molecule has 1 aliphatic rings. The molecule has 0 aliphatic carbocycles. The molecular formula is C18H20N6O2. The highest BCUT2D eigenvalue weighted by atomic mass is 16.6. The number of piperazine rings is 1. The Morgan fingerprint density at radius 3 is 2.46 bits per heavy atom. The van der Waals surface area contributed by atoms with Crippen LogP contribution in [-0.4, -0.2) is 52.5 Å². The van der Waals surface area contributed by atoms with Crippen molar-refractivity contribution in [2.45, 2.75) is 13.3 Å². The fourth-order valence-electron chi connectivity index (χ4n) is 2.92. The molecule has 1 aromatic heterocycles. The topological polar surface area (TPSA) is 99.2 Å². The lowest BCUT2D eigenvalue weighted by molar-refractivity contribution is -0.384. The highest BCUT2D eigenvalue weighted by Gasteiger charge is 2.19. The number of aryl methyl sites for hydroxylation is 1. The molecule has 2 aromatic rings. The minimum Gasteiger partial charge on any atom is -0.354 e. The zero-order valence-electron chi connectivity index (χ0n) is 14.6. The molecule has 0 N–H and O–H groups in total. The van der Waals surface area contributed by atoms with E-state index < -0.39 is 4.92 Å². The van der Waals surface area contributed by atoms with E-state index in [0.29, 0.717) is 12.4 Å². The first-order valence-electron chi connectivity index (χ1n) is 8.57. The molecule has 0 spiro atoms. The maximum atomic E-state index is 10.8. The molecule has 1 fully saturated rings. The van der Waals surface area contributed by atoms with Gasteiger partial charge in [0.15, 0.2) is 5.82 Å². The third-order valence-electron chi connectivity index (χ3n) is 4.45. The number of hydrogen-bond donors (Lipinski definition) is 0. The van der Waals surface area contributed by atoms with Crippen molar-refractivity contribution in [3.63, 3.8) is 0 Å². The molecule has 2 heterocycles. The van der Waals surface area contributed by atoms with Crippen LogP contribution in [-0.2, 0) is 6.42 Å². The molecule has 0 amide bonds. The predicted octanol–water partition coefficient (Wildman–Crippen LogP) is 2.26. The van der Waals surface area contributed by atoms with E-state index in [2.05, 4.69) is 25.8 Å². The number of nitro benzene ring substituents is 1. The molecular weight excluding hydrogens is 332 g/mol. The quantitative estimate of drug-likeness (QED) is 0.462. The number of rotatable bonds is 5. The summed E-state index contributed by atoms with van der Waals surface area (Å²) in [7, 11) is 0. The van der Waals surface area contributed by atoms with Crippen LogP contribution in [0.5, 0.6) is 0 Å². The molecule has 0 atom stereocenters. The third-order valence-corrected chi connectivity index (χ3v) is 4.45. The molecule has 0 bridgehead atoms. The lowest BCUT2D eigenvalue weighted by atomic mass is 10.2. The Labute approximate surface area is 151 Å². The molecule has 1 aliphatic heterocycles. The summed E-state index contributed by atoms with van der Waals surface area (Å²) in [5, 5.41) is 19.6. The summed E-state index contributed by atoms with van der Waals surface area (Å²) in [6, 6.07) is 10.5. The Balaban J connectivity index is 1.85. The normalized spacial score (nSPS) is 14.8. The molecule has 1 aromatic carbocycles. The Hall–Kier alpha value is -3.05. The molecule has 8 heteroatoms. The van der Waals surface area contributed by atoms with Crippen LogP contribution in [0.2, 0.25) is 0 Å². The van der Waals surface area contributed by atoms with Gasteiger partial charge in [0, 0.05) is 55.6 Å². The average molecular weight is 352 g/mol. The molecule has 26 heavy (non-hydrogen) atoms. The van der Waals surface area contributed by atoms with Gasteiger partial charge in [0.25, 0.3) is 5.69 Å². The van der Waals surface area contributed by atoms with Gasteiger partial charge in [-0.3, -0.25) is 15.0 Å². The van der Waals surface area contributed by atoms with Crippen LogP contribution in [0.1, 0.15) is 12.6 Å². The Morgan fingerprint density at radius 1 is 1.19 bits per heavy atom. The summed E-state index contributed by atoms with van der Waals surface area (Å²) < 4.78 is 0. The van der Waals surface area contributed by atoms with Crippen LogP contribution < -0.4 is 4.90 Å². The summed E-state index contributed by atoms with van der Waals surface area (Å²) in [5.74, 6) is 1.44. The van der Waals surface area contributed by atoms with E-state index in [-0.39, 0.29) is 5.69 Å². The SMILES string of the molecule is CCc1cc(N2CCN(CC#N)CC2)nc(-c2ccc([N+](=O)[O-])cc2)n1. The van der Waals surface area contributed by atoms with E-state index in [1.807, 2.05) is 13.0 Å². The van der Waals surface area contributed by atoms with E-state index in [1.54, 1.807) is 12.1 Å². The van der Waals surface area contributed by atoms with E-state index >= 15 is 0 Å². The second-order valence-electron chi connectivity index (χ2n) is 6.12. The van der Waals surface area contributed by atoms with Gasteiger partial charge >= 0.3 is 0 Å². The number of nitro groups is 1. The van der Waals surface area contributed by atoms with Crippen LogP contribution in [0.4, 0.5) is 11.5 Å². The van der Waals surface area contributed by atoms with Gasteiger partial charge in [-0.05, 0) is 18.6 Å². The molecule has 0 saturated carbocycles. The summed E-state index contributed by atoms with van der Waals surface area (Å²) in [4.78, 5) is 24.0. The summed E-state index contributed by atoms with van der Waals surface area (Å²) in [6.07, 6.45) is 0.782. The lowest BCUT2D eigenvalue weighted by Crippen LogP contribution is -2.46. The van der Waals surface area contributed by atoms with Crippen LogP contribution >= 0.6 is 0 Å². The standard InChI is InChI=1S/C18H20N6O2/c1-2-15-13-17(23-11-9-22(8-7-19)10-12-23)21-18(20-15)14-3-5-16(6-4-14)24(25)26/h3-6,13H,2,8-12H2,1H3. The van der Waals surface area contributed by atoms with Crippen molar-refractivity contribution in [1.82, 2.24) is 14.9 Å². The number of aromatic nitrogens is 2. The molecule has 3 rings (SSSR count). The summed E-state index contributed by atoms with van der Waals surface area (Å²) in [5.41, 5.74) is 1.74. The largest absolute Gasteiger partial charge is 0.354 e. The fourth-order valence-corrected chi connectivity index (χ4v) is 2.92. The van der Waals surface area contributed by atoms with Gasteiger partial charge in [-0.25, -0.2) is 9.97 Å². The first-order valence-corrected chi connectivity index (χ1v) is 8.57. The van der Waals surface area contributed by atoms with Gasteiger partial charge < -0.3 is 4.90 Å². The number of hydrogen-bond acceptors (Lipinski definition) is 7. The number of non-ortho nitro benzene ring substituents is 1. The molecule has 1 saturated heterocycles. The van der Waals surface area contributed by atoms with Crippen LogP contribution in [0.15, 0.2) is 30.3 Å². The van der Waals surface area contributed by atoms with Crippen molar-refractivity contribution >= 4 is 11.5 Å². The van der Waals surface area contributed by atoms with Crippen LogP contribution in [0.3, 0.4) is 0 Å². The fraction of sp³-hybridized carbons (Fsp3) is 0.389. The lowest BCUT2D eigenvalue weighted by Gasteiger charge is -2.34. The van der Waals surface area contributed by atoms with Crippen molar-refractivity contribution in [1.29, 1.82) is 5.26 Å². The van der Waals surface area contributed by atoms with Gasteiger partial charge in [0.2, 0.25) is 0 Å². The zero-order valence-corrected chi connectivity index (χ0v) is 14.6. The second kappa shape index (κ2) is 7.89. The number of nitriles is 1. The highest BCUT2D eigenvalue weighted by Crippen LogP contribution is 2.23. The van der Waals surface area contributed by atoms with Gasteiger partial charge in [-0.15, -0.1) is 0 Å². The van der Waals surface area contributed by atoms with Crippen molar-refractivity contribution in [3.8, 4) is 17.5 Å². The third kappa shape index (κ3) is 3.95. The molecule has 8 nitrogen and oxygen atoms in total. The number of benzene rings is 1. The summed E-state index contributed by atoms with van der Waals surface area (Å²) >= 11 is 0. The zero-order chi connectivity index (χ0) is 18.5. The van der Waals surface area contributed by atoms with Crippen molar-refractivity contribution < 1.29 is 4.92 Å². The van der Waals surface area contributed by atoms with Gasteiger partial charge in [0.05, 0.1) is 17.5 Å². The Kier molecular flexibility index (Phi) is 5.39. The smallest absolute Gasteiger partial charge is 0.269 e.